The molecule has 4 aliphatic rings. The van der Waals surface area contributed by atoms with Gasteiger partial charge in [-0.15, -0.1) is 0 Å². The number of hydrogen-bond acceptors (Lipinski definition) is 4. The largest absolute Gasteiger partial charge is 0.463 e. The molecule has 0 spiro atoms. The zero-order chi connectivity index (χ0) is 19.4. The van der Waals surface area contributed by atoms with E-state index in [1.165, 1.54) is 33.1 Å². The Balaban J connectivity index is 1.56. The Morgan fingerprint density at radius 2 is 1.74 bits per heavy atom. The number of allylic oxidation sites excluding steroid dienone is 2. The van der Waals surface area contributed by atoms with Crippen molar-refractivity contribution < 1.29 is 19.1 Å². The maximum Gasteiger partial charge on any atom is 0.302 e. The zero-order valence-corrected chi connectivity index (χ0v) is 17.3. The van der Waals surface area contributed by atoms with Crippen molar-refractivity contribution in [1.29, 1.82) is 0 Å². The maximum atomic E-state index is 11.6. The first-order valence-corrected chi connectivity index (χ1v) is 10.8. The molecule has 7 atom stereocenters. The van der Waals surface area contributed by atoms with Crippen LogP contribution in [0.3, 0.4) is 0 Å². The van der Waals surface area contributed by atoms with Crippen molar-refractivity contribution in [3.63, 3.8) is 0 Å². The SMILES string of the molecule is CC(=O)OC1CCC2(C)C3=CCC4(C)C(OC(C)=O)CCC4C3CCC2C1. The summed E-state index contributed by atoms with van der Waals surface area (Å²) >= 11 is 0. The molecule has 4 heteroatoms. The number of rotatable bonds is 2. The van der Waals surface area contributed by atoms with Gasteiger partial charge in [0, 0.05) is 19.3 Å². The van der Waals surface area contributed by atoms with Gasteiger partial charge in [0.1, 0.15) is 12.2 Å². The van der Waals surface area contributed by atoms with Gasteiger partial charge in [-0.05, 0) is 74.5 Å². The van der Waals surface area contributed by atoms with Gasteiger partial charge in [0.2, 0.25) is 0 Å². The van der Waals surface area contributed by atoms with Crippen LogP contribution >= 0.6 is 0 Å². The minimum Gasteiger partial charge on any atom is -0.463 e. The molecule has 0 aliphatic heterocycles. The lowest BCUT2D eigenvalue weighted by atomic mass is 9.49. The molecule has 0 saturated heterocycles. The molecule has 0 aromatic rings. The molecule has 3 saturated carbocycles. The van der Waals surface area contributed by atoms with Gasteiger partial charge in [-0.2, -0.15) is 0 Å². The highest BCUT2D eigenvalue weighted by molar-refractivity contribution is 5.66. The van der Waals surface area contributed by atoms with Crippen LogP contribution in [0.4, 0.5) is 0 Å². The van der Waals surface area contributed by atoms with Gasteiger partial charge in [-0.25, -0.2) is 0 Å². The molecule has 0 aromatic carbocycles. The molecule has 0 heterocycles. The van der Waals surface area contributed by atoms with Gasteiger partial charge in [0.05, 0.1) is 0 Å². The minimum absolute atomic E-state index is 0.0723. The molecule has 0 aromatic heterocycles. The van der Waals surface area contributed by atoms with Crippen LogP contribution in [-0.2, 0) is 19.1 Å². The van der Waals surface area contributed by atoms with Crippen molar-refractivity contribution in [3.8, 4) is 0 Å². The van der Waals surface area contributed by atoms with Crippen LogP contribution < -0.4 is 0 Å². The van der Waals surface area contributed by atoms with Crippen molar-refractivity contribution in [2.45, 2.75) is 91.3 Å². The van der Waals surface area contributed by atoms with Crippen LogP contribution in [0, 0.1) is 28.6 Å². The Kier molecular flexibility index (Phi) is 4.67. The van der Waals surface area contributed by atoms with E-state index in [9.17, 15) is 9.59 Å². The third kappa shape index (κ3) is 3.03. The van der Waals surface area contributed by atoms with E-state index in [1.54, 1.807) is 5.57 Å². The topological polar surface area (TPSA) is 52.6 Å². The number of carbonyl (C=O) groups excluding carboxylic acids is 2. The fourth-order valence-corrected chi connectivity index (χ4v) is 7.18. The average Bonchev–Trinajstić information content (AvgIpc) is 2.91. The normalized spacial score (nSPS) is 45.8. The lowest BCUT2D eigenvalue weighted by Gasteiger charge is -2.56. The van der Waals surface area contributed by atoms with Crippen LogP contribution in [0.25, 0.3) is 0 Å². The monoisotopic (exact) mass is 374 g/mol. The lowest BCUT2D eigenvalue weighted by molar-refractivity contribution is -0.153. The standard InChI is InChI=1S/C23H34O4/c1-14(24)26-17-9-11-22(3)16(13-17)5-6-18-19-7-8-21(27-15(2)25)23(19,4)12-10-20(18)22/h10,16-19,21H,5-9,11-13H2,1-4H3. The lowest BCUT2D eigenvalue weighted by Crippen LogP contribution is -2.49. The van der Waals surface area contributed by atoms with E-state index in [-0.39, 0.29) is 35.0 Å². The van der Waals surface area contributed by atoms with E-state index in [0.29, 0.717) is 17.8 Å². The molecular weight excluding hydrogens is 340 g/mol. The van der Waals surface area contributed by atoms with Gasteiger partial charge in [0.15, 0.2) is 0 Å². The van der Waals surface area contributed by atoms with Gasteiger partial charge in [-0.3, -0.25) is 9.59 Å². The molecule has 0 radical (unpaired) electrons. The minimum atomic E-state index is -0.146. The van der Waals surface area contributed by atoms with E-state index in [0.717, 1.165) is 32.1 Å². The van der Waals surface area contributed by atoms with Crippen molar-refractivity contribution >= 4 is 11.9 Å². The molecule has 3 fully saturated rings. The molecular formula is C23H34O4. The number of ether oxygens (including phenoxy) is 2. The highest BCUT2D eigenvalue weighted by atomic mass is 16.5. The summed E-state index contributed by atoms with van der Waals surface area (Å²) in [4.78, 5) is 22.9. The zero-order valence-electron chi connectivity index (χ0n) is 17.3. The summed E-state index contributed by atoms with van der Waals surface area (Å²) in [5, 5.41) is 0. The first kappa shape index (κ1) is 19.0. The molecule has 0 bridgehead atoms. The molecule has 150 valence electrons. The van der Waals surface area contributed by atoms with Crippen LogP contribution in [0.2, 0.25) is 0 Å². The molecule has 4 nitrogen and oxygen atoms in total. The highest BCUT2D eigenvalue weighted by Crippen LogP contribution is 2.64. The van der Waals surface area contributed by atoms with Crippen LogP contribution in [0.1, 0.15) is 79.1 Å². The summed E-state index contributed by atoms with van der Waals surface area (Å²) in [6.45, 7) is 7.86. The van der Waals surface area contributed by atoms with Crippen molar-refractivity contribution in [2.24, 2.45) is 28.6 Å². The highest BCUT2D eigenvalue weighted by Gasteiger charge is 2.58. The second-order valence-electron chi connectivity index (χ2n) is 9.96. The Hall–Kier alpha value is -1.32. The number of esters is 2. The quantitative estimate of drug-likeness (QED) is 0.514. The molecule has 0 N–H and O–H groups in total. The van der Waals surface area contributed by atoms with E-state index >= 15 is 0 Å². The molecule has 4 aliphatic carbocycles. The van der Waals surface area contributed by atoms with Gasteiger partial charge >= 0.3 is 11.9 Å². The summed E-state index contributed by atoms with van der Waals surface area (Å²) in [6.07, 6.45) is 11.5. The third-order valence-corrected chi connectivity index (χ3v) is 8.53. The summed E-state index contributed by atoms with van der Waals surface area (Å²) in [5.41, 5.74) is 2.02. The molecule has 7 unspecified atom stereocenters. The smallest absolute Gasteiger partial charge is 0.302 e. The fourth-order valence-electron chi connectivity index (χ4n) is 7.18. The van der Waals surface area contributed by atoms with Gasteiger partial charge in [-0.1, -0.05) is 25.5 Å². The predicted octanol–water partition coefficient (Wildman–Crippen LogP) is 4.81. The second kappa shape index (κ2) is 6.63. The van der Waals surface area contributed by atoms with E-state index < -0.39 is 0 Å². The van der Waals surface area contributed by atoms with Crippen LogP contribution in [-0.4, -0.2) is 24.1 Å². The van der Waals surface area contributed by atoms with Crippen LogP contribution in [0.15, 0.2) is 11.6 Å². The maximum absolute atomic E-state index is 11.6. The Bertz CT molecular complexity index is 667. The Labute approximate surface area is 163 Å². The number of fused-ring (bicyclic) bond motifs is 5. The number of carbonyl (C=O) groups is 2. The average molecular weight is 375 g/mol. The first-order valence-electron chi connectivity index (χ1n) is 10.8. The van der Waals surface area contributed by atoms with Crippen molar-refractivity contribution in [2.75, 3.05) is 0 Å². The second-order valence-corrected chi connectivity index (χ2v) is 9.96. The van der Waals surface area contributed by atoms with Crippen LogP contribution in [0.5, 0.6) is 0 Å². The Morgan fingerprint density at radius 1 is 1.00 bits per heavy atom. The molecule has 4 rings (SSSR count). The Morgan fingerprint density at radius 3 is 2.44 bits per heavy atom. The number of hydrogen-bond donors (Lipinski definition) is 0. The fraction of sp³-hybridized carbons (Fsp3) is 0.826. The van der Waals surface area contributed by atoms with Crippen molar-refractivity contribution in [1.82, 2.24) is 0 Å². The summed E-state index contributed by atoms with van der Waals surface area (Å²) < 4.78 is 11.3. The summed E-state index contributed by atoms with van der Waals surface area (Å²) in [6, 6.07) is 0. The van der Waals surface area contributed by atoms with E-state index in [1.807, 2.05) is 0 Å². The third-order valence-electron chi connectivity index (χ3n) is 8.53. The first-order chi connectivity index (χ1) is 12.7. The van der Waals surface area contributed by atoms with Gasteiger partial charge in [0.25, 0.3) is 0 Å². The van der Waals surface area contributed by atoms with E-state index in [4.69, 9.17) is 9.47 Å². The molecule has 27 heavy (non-hydrogen) atoms. The predicted molar refractivity (Wildman–Crippen MR) is 103 cm³/mol. The van der Waals surface area contributed by atoms with Crippen molar-refractivity contribution in [3.05, 3.63) is 11.6 Å². The molecule has 0 amide bonds. The van der Waals surface area contributed by atoms with E-state index in [2.05, 4.69) is 19.9 Å². The summed E-state index contributed by atoms with van der Waals surface area (Å²) in [5.74, 6) is 1.60. The van der Waals surface area contributed by atoms with Gasteiger partial charge < -0.3 is 9.47 Å². The summed E-state index contributed by atoms with van der Waals surface area (Å²) in [7, 11) is 0.